The molecular weight excluding hydrogens is 384 g/mol. The minimum absolute atomic E-state index is 0.00556. The SMILES string of the molecule is O=[N+]([O-])c1cc(I)ccc1NCCSC(F)(F)F. The van der Waals surface area contributed by atoms with Crippen molar-refractivity contribution in [1.29, 1.82) is 0 Å². The molecule has 0 saturated carbocycles. The van der Waals surface area contributed by atoms with Crippen molar-refractivity contribution in [2.24, 2.45) is 0 Å². The lowest BCUT2D eigenvalue weighted by Crippen LogP contribution is -2.10. The number of nitro benzene ring substituents is 1. The molecule has 9 heteroatoms. The Labute approximate surface area is 119 Å². The number of benzene rings is 1. The molecule has 0 aliphatic rings. The fourth-order valence-electron chi connectivity index (χ4n) is 1.16. The molecule has 0 aliphatic heterocycles. The van der Waals surface area contributed by atoms with Gasteiger partial charge >= 0.3 is 5.51 Å². The Hall–Kier alpha value is -0.710. The first-order valence-electron chi connectivity index (χ1n) is 4.68. The third kappa shape index (κ3) is 5.29. The second kappa shape index (κ2) is 6.45. The van der Waals surface area contributed by atoms with Crippen LogP contribution >= 0.6 is 34.4 Å². The molecule has 100 valence electrons. The smallest absolute Gasteiger partial charge is 0.379 e. The van der Waals surface area contributed by atoms with Gasteiger partial charge in [-0.2, -0.15) is 13.2 Å². The first-order chi connectivity index (χ1) is 8.29. The predicted molar refractivity (Wildman–Crippen MR) is 72.8 cm³/mol. The van der Waals surface area contributed by atoms with Gasteiger partial charge in [0.1, 0.15) is 5.69 Å². The molecule has 0 unspecified atom stereocenters. The molecular formula is C9H8F3IN2O2S. The van der Waals surface area contributed by atoms with E-state index in [2.05, 4.69) is 5.32 Å². The second-order valence-electron chi connectivity index (χ2n) is 3.14. The number of hydrogen-bond acceptors (Lipinski definition) is 4. The predicted octanol–water partition coefficient (Wildman–Crippen LogP) is 3.86. The van der Waals surface area contributed by atoms with Crippen LogP contribution in [0.25, 0.3) is 0 Å². The number of thioether (sulfide) groups is 1. The first kappa shape index (κ1) is 15.3. The molecule has 0 atom stereocenters. The summed E-state index contributed by atoms with van der Waals surface area (Å²) in [5.41, 5.74) is -4.19. The van der Waals surface area contributed by atoms with Crippen LogP contribution in [-0.4, -0.2) is 22.7 Å². The molecule has 0 saturated heterocycles. The molecule has 4 nitrogen and oxygen atoms in total. The fourth-order valence-corrected chi connectivity index (χ4v) is 2.07. The Bertz CT molecular complexity index is 442. The average molecular weight is 392 g/mol. The standard InChI is InChI=1S/C9H8F3IN2O2S/c10-9(11,12)18-4-3-14-7-2-1-6(13)5-8(7)15(16)17/h1-2,5,14H,3-4H2. The average Bonchev–Trinajstić information content (AvgIpc) is 2.24. The van der Waals surface area contributed by atoms with Gasteiger partial charge < -0.3 is 5.32 Å². The van der Waals surface area contributed by atoms with E-state index < -0.39 is 10.4 Å². The number of nitrogens with zero attached hydrogens (tertiary/aromatic N) is 1. The third-order valence-electron chi connectivity index (χ3n) is 1.84. The second-order valence-corrected chi connectivity index (χ2v) is 5.55. The summed E-state index contributed by atoms with van der Waals surface area (Å²) in [6.07, 6.45) is 0. The van der Waals surface area contributed by atoms with Gasteiger partial charge in [-0.3, -0.25) is 10.1 Å². The van der Waals surface area contributed by atoms with Crippen molar-refractivity contribution in [3.05, 3.63) is 31.9 Å². The Morgan fingerprint density at radius 1 is 1.44 bits per heavy atom. The lowest BCUT2D eigenvalue weighted by atomic mass is 10.2. The summed E-state index contributed by atoms with van der Waals surface area (Å²) in [5.74, 6) is -0.202. The van der Waals surface area contributed by atoms with Crippen LogP contribution in [0.15, 0.2) is 18.2 Å². The molecule has 18 heavy (non-hydrogen) atoms. The number of hydrogen-bond donors (Lipinski definition) is 1. The summed E-state index contributed by atoms with van der Waals surface area (Å²) in [4.78, 5) is 10.2. The summed E-state index contributed by atoms with van der Waals surface area (Å²) < 4.78 is 36.3. The molecule has 0 radical (unpaired) electrons. The van der Waals surface area contributed by atoms with E-state index in [4.69, 9.17) is 0 Å². The van der Waals surface area contributed by atoms with Crippen molar-refractivity contribution in [3.8, 4) is 0 Å². The van der Waals surface area contributed by atoms with Crippen LogP contribution in [0, 0.1) is 13.7 Å². The van der Waals surface area contributed by atoms with E-state index in [0.29, 0.717) is 3.57 Å². The third-order valence-corrected chi connectivity index (χ3v) is 3.25. The highest BCUT2D eigenvalue weighted by Gasteiger charge is 2.27. The normalized spacial score (nSPS) is 11.3. The summed E-state index contributed by atoms with van der Waals surface area (Å²) in [6, 6.07) is 4.49. The van der Waals surface area contributed by atoms with E-state index in [9.17, 15) is 23.3 Å². The molecule has 0 amide bonds. The van der Waals surface area contributed by atoms with E-state index in [1.54, 1.807) is 6.07 Å². The van der Waals surface area contributed by atoms with Gasteiger partial charge in [0.05, 0.1) is 4.92 Å². The van der Waals surface area contributed by atoms with Crippen molar-refractivity contribution in [1.82, 2.24) is 0 Å². The molecule has 0 aliphatic carbocycles. The van der Waals surface area contributed by atoms with Gasteiger partial charge in [0.2, 0.25) is 0 Å². The van der Waals surface area contributed by atoms with Crippen molar-refractivity contribution >= 4 is 45.7 Å². The zero-order valence-corrected chi connectivity index (χ0v) is 11.8. The maximum Gasteiger partial charge on any atom is 0.441 e. The number of nitro groups is 1. The summed E-state index contributed by atoms with van der Waals surface area (Å²) >= 11 is 1.76. The largest absolute Gasteiger partial charge is 0.441 e. The number of nitrogens with one attached hydrogen (secondary N) is 1. The van der Waals surface area contributed by atoms with Gasteiger partial charge in [0.25, 0.3) is 5.69 Å². The summed E-state index contributed by atoms with van der Waals surface area (Å²) in [5, 5.41) is 13.4. The molecule has 0 heterocycles. The monoisotopic (exact) mass is 392 g/mol. The summed E-state index contributed by atoms with van der Waals surface area (Å²) in [7, 11) is 0. The van der Waals surface area contributed by atoms with Gasteiger partial charge in [0, 0.05) is 21.9 Å². The number of anilines is 1. The molecule has 0 bridgehead atoms. The highest BCUT2D eigenvalue weighted by molar-refractivity contribution is 14.1. The van der Waals surface area contributed by atoms with Gasteiger partial charge in [-0.1, -0.05) is 0 Å². The van der Waals surface area contributed by atoms with E-state index in [1.807, 2.05) is 22.6 Å². The molecule has 0 fully saturated rings. The zero-order chi connectivity index (χ0) is 13.8. The Morgan fingerprint density at radius 2 is 2.11 bits per heavy atom. The van der Waals surface area contributed by atoms with E-state index >= 15 is 0 Å². The Balaban J connectivity index is 2.59. The minimum atomic E-state index is -4.28. The van der Waals surface area contributed by atoms with Crippen molar-refractivity contribution in [2.75, 3.05) is 17.6 Å². The molecule has 1 aromatic rings. The maximum atomic E-state index is 11.9. The molecule has 1 N–H and O–H groups in total. The maximum absolute atomic E-state index is 11.9. The van der Waals surface area contributed by atoms with E-state index in [0.717, 1.165) is 0 Å². The Morgan fingerprint density at radius 3 is 2.67 bits per heavy atom. The van der Waals surface area contributed by atoms with Crippen molar-refractivity contribution < 1.29 is 18.1 Å². The Kier molecular flexibility index (Phi) is 5.50. The topological polar surface area (TPSA) is 55.2 Å². The fraction of sp³-hybridized carbons (Fsp3) is 0.333. The van der Waals surface area contributed by atoms with Crippen LogP contribution in [-0.2, 0) is 0 Å². The van der Waals surface area contributed by atoms with Crippen LogP contribution in [0.5, 0.6) is 0 Å². The van der Waals surface area contributed by atoms with Crippen LogP contribution in [0.3, 0.4) is 0 Å². The van der Waals surface area contributed by atoms with Crippen LogP contribution in [0.4, 0.5) is 24.5 Å². The lowest BCUT2D eigenvalue weighted by Gasteiger charge is -2.08. The highest BCUT2D eigenvalue weighted by atomic mass is 127. The van der Waals surface area contributed by atoms with E-state index in [-0.39, 0.29) is 35.4 Å². The van der Waals surface area contributed by atoms with Gasteiger partial charge in [0.15, 0.2) is 0 Å². The first-order valence-corrected chi connectivity index (χ1v) is 6.74. The van der Waals surface area contributed by atoms with Gasteiger partial charge in [-0.25, -0.2) is 0 Å². The van der Waals surface area contributed by atoms with Crippen LogP contribution in [0.1, 0.15) is 0 Å². The molecule has 1 rings (SSSR count). The number of rotatable bonds is 5. The summed E-state index contributed by atoms with van der Waals surface area (Å²) in [6.45, 7) is 0.00556. The molecule has 0 aromatic heterocycles. The van der Waals surface area contributed by atoms with Crippen LogP contribution < -0.4 is 5.32 Å². The minimum Gasteiger partial charge on any atom is -0.379 e. The van der Waals surface area contributed by atoms with Crippen LogP contribution in [0.2, 0.25) is 0 Å². The van der Waals surface area contributed by atoms with E-state index in [1.165, 1.54) is 12.1 Å². The molecule has 0 spiro atoms. The number of halogens is 4. The van der Waals surface area contributed by atoms with Gasteiger partial charge in [-0.05, 0) is 46.5 Å². The van der Waals surface area contributed by atoms with Gasteiger partial charge in [-0.15, -0.1) is 0 Å². The van der Waals surface area contributed by atoms with Crippen molar-refractivity contribution in [3.63, 3.8) is 0 Å². The highest BCUT2D eigenvalue weighted by Crippen LogP contribution is 2.30. The lowest BCUT2D eigenvalue weighted by molar-refractivity contribution is -0.384. The zero-order valence-electron chi connectivity index (χ0n) is 8.83. The molecule has 1 aromatic carbocycles. The quantitative estimate of drug-likeness (QED) is 0.358. The number of alkyl halides is 3. The van der Waals surface area contributed by atoms with Crippen molar-refractivity contribution in [2.45, 2.75) is 5.51 Å².